The van der Waals surface area contributed by atoms with Crippen LogP contribution < -0.4 is 0 Å². The largest absolute Gasteiger partial charge is 0.357 e. The maximum atomic E-state index is 11.0. The molecular weight excluding hydrogens is 358 g/mol. The molecule has 0 spiro atoms. The molecule has 2 heterocycles. The molecule has 1 unspecified atom stereocenters. The third-order valence-corrected chi connectivity index (χ3v) is 5.86. The van der Waals surface area contributed by atoms with Gasteiger partial charge in [0.1, 0.15) is 0 Å². The van der Waals surface area contributed by atoms with E-state index in [4.69, 9.17) is 0 Å². The highest BCUT2D eigenvalue weighted by atomic mass is 16.6. The summed E-state index contributed by atoms with van der Waals surface area (Å²) in [5.41, 5.74) is 4.60. The number of hydrogen-bond donors (Lipinski definition) is 4. The minimum atomic E-state index is -2.89. The molecule has 7 heteroatoms. The van der Waals surface area contributed by atoms with Gasteiger partial charge in [-0.1, -0.05) is 17.7 Å². The highest BCUT2D eigenvalue weighted by molar-refractivity contribution is 5.83. The molecule has 0 aromatic carbocycles. The van der Waals surface area contributed by atoms with Crippen LogP contribution in [0.15, 0.2) is 51.8 Å². The molecule has 3 aliphatic rings. The van der Waals surface area contributed by atoms with Gasteiger partial charge < -0.3 is 25.3 Å². The maximum absolute atomic E-state index is 11.0. The van der Waals surface area contributed by atoms with Gasteiger partial charge in [-0.05, 0) is 45.0 Å². The number of aliphatic hydroxyl groups is 4. The Morgan fingerprint density at radius 3 is 2.68 bits per heavy atom. The van der Waals surface area contributed by atoms with E-state index < -0.39 is 11.7 Å². The molecule has 2 aliphatic heterocycles. The Morgan fingerprint density at radius 2 is 2.00 bits per heavy atom. The van der Waals surface area contributed by atoms with E-state index in [1.54, 1.807) is 7.05 Å². The standard InChI is InChI=1S/C21H31N3O4/c1-14-7-8-18-16(12-14)17-13-23(4)11-9-19(17)24(18)21(27,28)20(25,26)10-5-6-15(2)22-3/h5,7-8,10,16,25-28H,6,9,11-13H2,1-4H3/b10-5+,22-15?. The van der Waals surface area contributed by atoms with Crippen molar-refractivity contribution in [2.45, 2.75) is 44.8 Å². The molecule has 4 N–H and O–H groups in total. The van der Waals surface area contributed by atoms with Crippen LogP contribution in [0.5, 0.6) is 0 Å². The second kappa shape index (κ2) is 7.57. The van der Waals surface area contributed by atoms with Gasteiger partial charge in [0.2, 0.25) is 0 Å². The summed E-state index contributed by atoms with van der Waals surface area (Å²) in [6.45, 7) is 5.36. The van der Waals surface area contributed by atoms with Crippen molar-refractivity contribution in [3.05, 3.63) is 46.8 Å². The second-order valence-corrected chi connectivity index (χ2v) is 8.08. The van der Waals surface area contributed by atoms with Gasteiger partial charge in [0.25, 0.3) is 5.79 Å². The second-order valence-electron chi connectivity index (χ2n) is 8.08. The Labute approximate surface area is 166 Å². The normalized spacial score (nSPS) is 24.5. The van der Waals surface area contributed by atoms with Crippen LogP contribution in [-0.4, -0.2) is 74.8 Å². The summed E-state index contributed by atoms with van der Waals surface area (Å²) >= 11 is 0. The molecular formula is C21H31N3O4. The van der Waals surface area contributed by atoms with Crippen molar-refractivity contribution in [2.24, 2.45) is 10.9 Å². The van der Waals surface area contributed by atoms with E-state index in [0.29, 0.717) is 18.5 Å². The van der Waals surface area contributed by atoms with Crippen molar-refractivity contribution in [2.75, 3.05) is 27.2 Å². The molecule has 0 saturated carbocycles. The summed E-state index contributed by atoms with van der Waals surface area (Å²) in [7, 11) is 3.69. The smallest absolute Gasteiger partial charge is 0.311 e. The summed E-state index contributed by atoms with van der Waals surface area (Å²) in [5.74, 6) is -5.72. The molecule has 0 fully saturated rings. The molecule has 28 heavy (non-hydrogen) atoms. The van der Waals surface area contributed by atoms with Crippen molar-refractivity contribution >= 4 is 5.71 Å². The van der Waals surface area contributed by atoms with Crippen molar-refractivity contribution in [1.29, 1.82) is 0 Å². The monoisotopic (exact) mass is 389 g/mol. The Kier molecular flexibility index (Phi) is 5.67. The lowest BCUT2D eigenvalue weighted by Gasteiger charge is -2.43. The van der Waals surface area contributed by atoms with Gasteiger partial charge in [-0.25, -0.2) is 0 Å². The van der Waals surface area contributed by atoms with Gasteiger partial charge in [0.05, 0.1) is 0 Å². The fraction of sp³-hybridized carbons (Fsp3) is 0.571. The van der Waals surface area contributed by atoms with Crippen LogP contribution in [0.2, 0.25) is 0 Å². The average Bonchev–Trinajstić information content (AvgIpc) is 2.94. The molecule has 0 radical (unpaired) electrons. The van der Waals surface area contributed by atoms with E-state index >= 15 is 0 Å². The molecule has 3 rings (SSSR count). The van der Waals surface area contributed by atoms with E-state index in [1.165, 1.54) is 16.5 Å². The number of allylic oxidation sites excluding steroid dienone is 5. The fourth-order valence-electron chi connectivity index (χ4n) is 4.14. The van der Waals surface area contributed by atoms with Gasteiger partial charge in [0.15, 0.2) is 0 Å². The molecule has 1 atom stereocenters. The zero-order valence-electron chi connectivity index (χ0n) is 17.1. The van der Waals surface area contributed by atoms with E-state index in [2.05, 4.69) is 16.8 Å². The summed E-state index contributed by atoms with van der Waals surface area (Å²) < 4.78 is 0. The van der Waals surface area contributed by atoms with Crippen molar-refractivity contribution in [1.82, 2.24) is 9.80 Å². The summed E-state index contributed by atoms with van der Waals surface area (Å²) in [5, 5.41) is 43.1. The molecule has 0 amide bonds. The van der Waals surface area contributed by atoms with Crippen molar-refractivity contribution < 1.29 is 20.4 Å². The molecule has 154 valence electrons. The minimum absolute atomic E-state index is 0.0238. The number of hydrogen-bond acceptors (Lipinski definition) is 7. The molecule has 7 nitrogen and oxygen atoms in total. The van der Waals surface area contributed by atoms with E-state index in [0.717, 1.165) is 42.6 Å². The predicted octanol–water partition coefficient (Wildman–Crippen LogP) is 1.10. The number of rotatable bonds is 5. The SMILES string of the molecule is CN=C(C)C/C=C/C(O)(O)C(O)(O)N1C2=CC=C(C)CC2C2=C1CCN(C)C2. The van der Waals surface area contributed by atoms with Crippen LogP contribution in [0.3, 0.4) is 0 Å². The van der Waals surface area contributed by atoms with Gasteiger partial charge in [0, 0.05) is 56.0 Å². The number of nitrogens with zero attached hydrogens (tertiary/aromatic N) is 3. The number of fused-ring (bicyclic) bond motifs is 2. The lowest BCUT2D eigenvalue weighted by molar-refractivity contribution is -0.381. The van der Waals surface area contributed by atoms with E-state index in [1.807, 2.05) is 26.1 Å². The average molecular weight is 389 g/mol. The zero-order valence-corrected chi connectivity index (χ0v) is 17.1. The molecule has 0 bridgehead atoms. The first-order valence-corrected chi connectivity index (χ1v) is 9.66. The van der Waals surface area contributed by atoms with Crippen molar-refractivity contribution in [3.8, 4) is 0 Å². The minimum Gasteiger partial charge on any atom is -0.357 e. The van der Waals surface area contributed by atoms with E-state index in [9.17, 15) is 20.4 Å². The van der Waals surface area contributed by atoms with Crippen molar-refractivity contribution in [3.63, 3.8) is 0 Å². The first kappa shape index (κ1) is 21.0. The van der Waals surface area contributed by atoms with Crippen LogP contribution in [0.1, 0.15) is 33.1 Å². The molecule has 0 saturated heterocycles. The predicted molar refractivity (Wildman–Crippen MR) is 108 cm³/mol. The third kappa shape index (κ3) is 3.60. The van der Waals surface area contributed by atoms with E-state index in [-0.39, 0.29) is 5.92 Å². The summed E-state index contributed by atoms with van der Waals surface area (Å²) in [6, 6.07) is 0. The van der Waals surface area contributed by atoms with Gasteiger partial charge >= 0.3 is 5.91 Å². The Hall–Kier alpha value is -1.77. The highest BCUT2D eigenvalue weighted by Crippen LogP contribution is 2.49. The van der Waals surface area contributed by atoms with Crippen LogP contribution in [0, 0.1) is 5.92 Å². The van der Waals surface area contributed by atoms with Gasteiger partial charge in [-0.15, -0.1) is 0 Å². The first-order chi connectivity index (χ1) is 13.1. The Bertz CT molecular complexity index is 789. The van der Waals surface area contributed by atoms with Crippen LogP contribution >= 0.6 is 0 Å². The van der Waals surface area contributed by atoms with Crippen LogP contribution in [0.25, 0.3) is 0 Å². The fourth-order valence-corrected chi connectivity index (χ4v) is 4.14. The Balaban J connectivity index is 1.99. The molecule has 0 aromatic heterocycles. The molecule has 1 aliphatic carbocycles. The van der Waals surface area contributed by atoms with Crippen LogP contribution in [0.4, 0.5) is 0 Å². The third-order valence-electron chi connectivity index (χ3n) is 5.86. The quantitative estimate of drug-likeness (QED) is 0.319. The van der Waals surface area contributed by atoms with Gasteiger partial charge in [-0.2, -0.15) is 0 Å². The topological polar surface area (TPSA) is 99.8 Å². The summed E-state index contributed by atoms with van der Waals surface area (Å²) in [4.78, 5) is 7.53. The number of aliphatic imine (C=N–C) groups is 1. The highest BCUT2D eigenvalue weighted by Gasteiger charge is 2.56. The molecule has 0 aromatic rings. The lowest BCUT2D eigenvalue weighted by Crippen LogP contribution is -2.63. The summed E-state index contributed by atoms with van der Waals surface area (Å²) in [6.07, 6.45) is 8.11. The van der Waals surface area contributed by atoms with Crippen LogP contribution in [-0.2, 0) is 0 Å². The first-order valence-electron chi connectivity index (χ1n) is 9.66. The Morgan fingerprint density at radius 1 is 1.29 bits per heavy atom. The number of likely N-dealkylation sites (N-methyl/N-ethyl adjacent to an activating group) is 1. The van der Waals surface area contributed by atoms with Gasteiger partial charge in [-0.3, -0.25) is 9.89 Å². The maximum Gasteiger partial charge on any atom is 0.311 e. The lowest BCUT2D eigenvalue weighted by atomic mass is 9.86. The zero-order chi connectivity index (χ0) is 20.7.